The normalized spacial score (nSPS) is 19.5. The Bertz CT molecular complexity index is 963. The van der Waals surface area contributed by atoms with E-state index in [2.05, 4.69) is 10.3 Å². The maximum atomic E-state index is 12.4. The number of benzene rings is 2. The van der Waals surface area contributed by atoms with Gasteiger partial charge in [-0.15, -0.1) is 0 Å². The van der Waals surface area contributed by atoms with Crippen molar-refractivity contribution >= 4 is 28.5 Å². The van der Waals surface area contributed by atoms with Crippen molar-refractivity contribution in [3.63, 3.8) is 0 Å². The number of aromatic nitrogens is 2. The molecule has 0 radical (unpaired) electrons. The lowest BCUT2D eigenvalue weighted by atomic mass is 9.93. The molecule has 0 spiro atoms. The number of hydrogen-bond acceptors (Lipinski definition) is 4. The fraction of sp³-hybridized carbons (Fsp3) is 0.333. The maximum absolute atomic E-state index is 12.4. The number of halogens is 1. The van der Waals surface area contributed by atoms with Gasteiger partial charge in [-0.2, -0.15) is 0 Å². The van der Waals surface area contributed by atoms with E-state index < -0.39 is 0 Å². The molecule has 2 N–H and O–H groups in total. The fourth-order valence-electron chi connectivity index (χ4n) is 3.51. The number of nitrogens with zero attached hydrogens (tertiary/aromatic N) is 2. The molecule has 1 aromatic heterocycles. The second-order valence-corrected chi connectivity index (χ2v) is 7.59. The average Bonchev–Trinajstić information content (AvgIpc) is 3.07. The molecule has 1 saturated carbocycles. The minimum Gasteiger partial charge on any atom is -0.457 e. The quantitative estimate of drug-likeness (QED) is 0.682. The van der Waals surface area contributed by atoms with Crippen molar-refractivity contribution in [2.24, 2.45) is 0 Å². The monoisotopic (exact) mass is 399 g/mol. The Balaban J connectivity index is 1.45. The van der Waals surface area contributed by atoms with Gasteiger partial charge >= 0.3 is 0 Å². The van der Waals surface area contributed by atoms with Crippen LogP contribution in [0.5, 0.6) is 11.5 Å². The third-order valence-corrected chi connectivity index (χ3v) is 5.27. The lowest BCUT2D eigenvalue weighted by molar-refractivity contribution is -0.122. The first-order chi connectivity index (χ1) is 13.6. The standard InChI is InChI=1S/C21H22ClN3O3/c22-14-1-7-17(8-2-14)28-18-9-10-19-20(11-18)25(13-23-19)12-21(27)24-15-3-5-16(26)6-4-15/h1-2,7-11,13,15-16,26H,3-6,12H2,(H,24,27). The number of amides is 1. The van der Waals surface area contributed by atoms with Gasteiger partial charge in [0.25, 0.3) is 0 Å². The van der Waals surface area contributed by atoms with Crippen LogP contribution in [0.1, 0.15) is 25.7 Å². The summed E-state index contributed by atoms with van der Waals surface area (Å²) in [4.78, 5) is 16.8. The number of rotatable bonds is 5. The van der Waals surface area contributed by atoms with Gasteiger partial charge < -0.3 is 19.7 Å². The van der Waals surface area contributed by atoms with Crippen molar-refractivity contribution in [3.8, 4) is 11.5 Å². The molecule has 7 heteroatoms. The Morgan fingerprint density at radius 2 is 1.86 bits per heavy atom. The number of fused-ring (bicyclic) bond motifs is 1. The van der Waals surface area contributed by atoms with Crippen LogP contribution < -0.4 is 10.1 Å². The first-order valence-corrected chi connectivity index (χ1v) is 9.80. The molecule has 6 nitrogen and oxygen atoms in total. The first-order valence-electron chi connectivity index (χ1n) is 9.42. The summed E-state index contributed by atoms with van der Waals surface area (Å²) in [6, 6.07) is 12.9. The fourth-order valence-corrected chi connectivity index (χ4v) is 3.64. The topological polar surface area (TPSA) is 76.4 Å². The molecule has 0 bridgehead atoms. The maximum Gasteiger partial charge on any atom is 0.240 e. The molecule has 0 atom stereocenters. The van der Waals surface area contributed by atoms with Gasteiger partial charge in [-0.05, 0) is 62.1 Å². The molecule has 3 aromatic rings. The molecule has 4 rings (SSSR count). The number of imidazole rings is 1. The molecule has 1 heterocycles. The van der Waals surface area contributed by atoms with Gasteiger partial charge in [-0.25, -0.2) is 4.98 Å². The van der Waals surface area contributed by atoms with Crippen molar-refractivity contribution in [1.29, 1.82) is 0 Å². The second-order valence-electron chi connectivity index (χ2n) is 7.15. The second kappa shape index (κ2) is 8.20. The lowest BCUT2D eigenvalue weighted by Crippen LogP contribution is -2.40. The average molecular weight is 400 g/mol. The van der Waals surface area contributed by atoms with E-state index in [1.165, 1.54) is 0 Å². The van der Waals surface area contributed by atoms with Crippen LogP contribution in [0.15, 0.2) is 48.8 Å². The number of aliphatic hydroxyl groups is 1. The zero-order chi connectivity index (χ0) is 19.5. The van der Waals surface area contributed by atoms with Gasteiger partial charge in [-0.1, -0.05) is 11.6 Å². The van der Waals surface area contributed by atoms with Crippen LogP contribution in [0.2, 0.25) is 5.02 Å². The Morgan fingerprint density at radius 3 is 2.61 bits per heavy atom. The van der Waals surface area contributed by atoms with Crippen LogP contribution in [0, 0.1) is 0 Å². The van der Waals surface area contributed by atoms with Crippen LogP contribution in [0.25, 0.3) is 11.0 Å². The molecule has 146 valence electrons. The van der Waals surface area contributed by atoms with E-state index in [0.717, 1.165) is 36.7 Å². The third-order valence-electron chi connectivity index (χ3n) is 5.02. The summed E-state index contributed by atoms with van der Waals surface area (Å²) < 4.78 is 7.69. The smallest absolute Gasteiger partial charge is 0.240 e. The minimum atomic E-state index is -0.232. The van der Waals surface area contributed by atoms with E-state index >= 15 is 0 Å². The van der Waals surface area contributed by atoms with Gasteiger partial charge in [0.15, 0.2) is 0 Å². The molecule has 1 amide bonds. The van der Waals surface area contributed by atoms with E-state index in [1.807, 2.05) is 22.8 Å². The Morgan fingerprint density at radius 1 is 1.14 bits per heavy atom. The highest BCUT2D eigenvalue weighted by Gasteiger charge is 2.21. The molecule has 1 aliphatic carbocycles. The van der Waals surface area contributed by atoms with E-state index in [-0.39, 0.29) is 24.6 Å². The van der Waals surface area contributed by atoms with Crippen LogP contribution in [0.4, 0.5) is 0 Å². The number of hydrogen-bond donors (Lipinski definition) is 2. The van der Waals surface area contributed by atoms with Crippen LogP contribution in [0.3, 0.4) is 0 Å². The van der Waals surface area contributed by atoms with Gasteiger partial charge in [-0.3, -0.25) is 4.79 Å². The van der Waals surface area contributed by atoms with Gasteiger partial charge in [0.1, 0.15) is 18.0 Å². The van der Waals surface area contributed by atoms with Crippen molar-refractivity contribution in [2.75, 3.05) is 0 Å². The van der Waals surface area contributed by atoms with Crippen LogP contribution in [-0.2, 0) is 11.3 Å². The number of carbonyl (C=O) groups excluding carboxylic acids is 1. The summed E-state index contributed by atoms with van der Waals surface area (Å²) in [5.41, 5.74) is 1.64. The molecule has 28 heavy (non-hydrogen) atoms. The summed E-state index contributed by atoms with van der Waals surface area (Å²) in [6.45, 7) is 0.194. The Labute approximate surface area is 168 Å². The van der Waals surface area contributed by atoms with Gasteiger partial charge in [0, 0.05) is 17.1 Å². The molecular weight excluding hydrogens is 378 g/mol. The Hall–Kier alpha value is -2.57. The number of carbonyl (C=O) groups is 1. The first kappa shape index (κ1) is 18.8. The number of nitrogens with one attached hydrogen (secondary N) is 1. The number of ether oxygens (including phenoxy) is 1. The van der Waals surface area contributed by atoms with Crippen molar-refractivity contribution in [1.82, 2.24) is 14.9 Å². The molecule has 2 aromatic carbocycles. The highest BCUT2D eigenvalue weighted by atomic mass is 35.5. The molecule has 0 aliphatic heterocycles. The highest BCUT2D eigenvalue weighted by Crippen LogP contribution is 2.26. The summed E-state index contributed by atoms with van der Waals surface area (Å²) >= 11 is 5.91. The molecule has 1 fully saturated rings. The van der Waals surface area contributed by atoms with Crippen LogP contribution in [-0.4, -0.2) is 32.7 Å². The predicted octanol–water partition coefficient (Wildman–Crippen LogP) is 3.90. The number of aliphatic hydroxyl groups excluding tert-OH is 1. The molecule has 1 aliphatic rings. The summed E-state index contributed by atoms with van der Waals surface area (Å²) in [6.07, 6.45) is 4.55. The van der Waals surface area contributed by atoms with Crippen molar-refractivity contribution < 1.29 is 14.6 Å². The van der Waals surface area contributed by atoms with E-state index in [9.17, 15) is 9.90 Å². The summed E-state index contributed by atoms with van der Waals surface area (Å²) in [7, 11) is 0. The van der Waals surface area contributed by atoms with Crippen molar-refractivity contribution in [3.05, 3.63) is 53.8 Å². The predicted molar refractivity (Wildman–Crippen MR) is 108 cm³/mol. The van der Waals surface area contributed by atoms with Crippen molar-refractivity contribution in [2.45, 2.75) is 44.4 Å². The molecule has 0 saturated heterocycles. The molecule has 0 unspecified atom stereocenters. The minimum absolute atomic E-state index is 0.0512. The van der Waals surface area contributed by atoms with Crippen LogP contribution >= 0.6 is 11.6 Å². The SMILES string of the molecule is O=C(Cn1cnc2ccc(Oc3ccc(Cl)cc3)cc21)NC1CCC(O)CC1. The van der Waals surface area contributed by atoms with Gasteiger partial charge in [0.05, 0.1) is 23.5 Å². The molecular formula is C21H22ClN3O3. The van der Waals surface area contributed by atoms with E-state index in [0.29, 0.717) is 16.5 Å². The Kier molecular flexibility index (Phi) is 5.50. The highest BCUT2D eigenvalue weighted by molar-refractivity contribution is 6.30. The lowest BCUT2D eigenvalue weighted by Gasteiger charge is -2.26. The summed E-state index contributed by atoms with van der Waals surface area (Å²) in [5.74, 6) is 1.30. The van der Waals surface area contributed by atoms with E-state index in [4.69, 9.17) is 16.3 Å². The van der Waals surface area contributed by atoms with Gasteiger partial charge in [0.2, 0.25) is 5.91 Å². The zero-order valence-corrected chi connectivity index (χ0v) is 16.1. The third kappa shape index (κ3) is 4.46. The zero-order valence-electron chi connectivity index (χ0n) is 15.3. The largest absolute Gasteiger partial charge is 0.457 e. The summed E-state index contributed by atoms with van der Waals surface area (Å²) in [5, 5.41) is 13.3. The van der Waals surface area contributed by atoms with E-state index in [1.54, 1.807) is 30.6 Å².